The van der Waals surface area contributed by atoms with Crippen molar-refractivity contribution < 1.29 is 22.8 Å². The average Bonchev–Trinajstić information content (AvgIpc) is 2.46. The number of anilines is 1. The van der Waals surface area contributed by atoms with Gasteiger partial charge in [0.25, 0.3) is 0 Å². The van der Waals surface area contributed by atoms with Gasteiger partial charge in [-0.15, -0.1) is 0 Å². The Bertz CT molecular complexity index is 779. The van der Waals surface area contributed by atoms with E-state index in [1.807, 2.05) is 0 Å². The molecule has 1 aromatic carbocycles. The normalized spacial score (nSPS) is 11.2. The highest BCUT2D eigenvalue weighted by Gasteiger charge is 2.39. The minimum absolute atomic E-state index is 0.0200. The van der Waals surface area contributed by atoms with Crippen LogP contribution in [0.4, 0.5) is 19.0 Å². The van der Waals surface area contributed by atoms with Crippen LogP contribution in [-0.2, 0) is 4.79 Å². The highest BCUT2D eigenvalue weighted by molar-refractivity contribution is 6.37. The largest absolute Gasteiger partial charge is 0.471 e. The molecule has 4 nitrogen and oxygen atoms in total. The molecule has 0 aliphatic carbocycles. The van der Waals surface area contributed by atoms with Gasteiger partial charge in [-0.05, 0) is 30.3 Å². The van der Waals surface area contributed by atoms with Gasteiger partial charge in [0.15, 0.2) is 5.78 Å². The first kappa shape index (κ1) is 17.2. The summed E-state index contributed by atoms with van der Waals surface area (Å²) in [6.45, 7) is 0. The first-order chi connectivity index (χ1) is 10.7. The Morgan fingerprint density at radius 3 is 2.39 bits per heavy atom. The summed E-state index contributed by atoms with van der Waals surface area (Å²) in [7, 11) is 0. The number of halogens is 5. The number of pyridine rings is 1. The Morgan fingerprint density at radius 2 is 1.78 bits per heavy atom. The molecule has 0 aliphatic rings. The molecule has 0 spiro atoms. The van der Waals surface area contributed by atoms with Crippen molar-refractivity contribution in [2.75, 3.05) is 5.32 Å². The SMILES string of the molecule is O=C(c1ccc(Cl)cc1Cl)c1cccnc1NC(=O)C(F)(F)F. The van der Waals surface area contributed by atoms with E-state index in [4.69, 9.17) is 23.2 Å². The summed E-state index contributed by atoms with van der Waals surface area (Å²) >= 11 is 11.6. The molecule has 0 bridgehead atoms. The predicted octanol–water partition coefficient (Wildman–Crippen LogP) is 4.12. The van der Waals surface area contributed by atoms with Crippen LogP contribution in [0.5, 0.6) is 0 Å². The maximum absolute atomic E-state index is 12.4. The predicted molar refractivity (Wildman–Crippen MR) is 78.8 cm³/mol. The van der Waals surface area contributed by atoms with Crippen molar-refractivity contribution in [2.45, 2.75) is 6.18 Å². The summed E-state index contributed by atoms with van der Waals surface area (Å²) in [5.41, 5.74) is -0.208. The number of ketones is 1. The molecule has 1 heterocycles. The Labute approximate surface area is 138 Å². The molecule has 9 heteroatoms. The Hall–Kier alpha value is -2.12. The average molecular weight is 363 g/mol. The first-order valence-corrected chi connectivity index (χ1v) is 6.78. The second kappa shape index (κ2) is 6.55. The van der Waals surface area contributed by atoms with Gasteiger partial charge < -0.3 is 5.32 Å². The minimum atomic E-state index is -5.10. The summed E-state index contributed by atoms with van der Waals surface area (Å²) in [4.78, 5) is 27.1. The molecule has 23 heavy (non-hydrogen) atoms. The fraction of sp³-hybridized carbons (Fsp3) is 0.0714. The quantitative estimate of drug-likeness (QED) is 0.835. The third-order valence-electron chi connectivity index (χ3n) is 2.72. The number of amides is 1. The van der Waals surface area contributed by atoms with E-state index in [1.165, 1.54) is 30.3 Å². The topological polar surface area (TPSA) is 59.1 Å². The number of carbonyl (C=O) groups is 2. The molecule has 0 radical (unpaired) electrons. The third-order valence-corrected chi connectivity index (χ3v) is 3.27. The highest BCUT2D eigenvalue weighted by atomic mass is 35.5. The molecule has 2 aromatic rings. The van der Waals surface area contributed by atoms with Gasteiger partial charge in [-0.25, -0.2) is 4.98 Å². The second-order valence-electron chi connectivity index (χ2n) is 4.30. The molecular formula is C14H7Cl2F3N2O2. The van der Waals surface area contributed by atoms with E-state index in [9.17, 15) is 22.8 Å². The van der Waals surface area contributed by atoms with E-state index in [1.54, 1.807) is 5.32 Å². The van der Waals surface area contributed by atoms with Gasteiger partial charge in [0.05, 0.1) is 10.6 Å². The molecular weight excluding hydrogens is 356 g/mol. The van der Waals surface area contributed by atoms with Crippen molar-refractivity contribution in [3.8, 4) is 0 Å². The summed E-state index contributed by atoms with van der Waals surface area (Å²) in [5.74, 6) is -3.43. The van der Waals surface area contributed by atoms with Crippen LogP contribution < -0.4 is 5.32 Å². The molecule has 120 valence electrons. The van der Waals surface area contributed by atoms with Crippen LogP contribution in [0.1, 0.15) is 15.9 Å². The van der Waals surface area contributed by atoms with Gasteiger partial charge in [0.2, 0.25) is 0 Å². The molecule has 0 fully saturated rings. The fourth-order valence-corrected chi connectivity index (χ4v) is 2.18. The van der Waals surface area contributed by atoms with Crippen LogP contribution in [0.2, 0.25) is 10.0 Å². The lowest BCUT2D eigenvalue weighted by atomic mass is 10.0. The second-order valence-corrected chi connectivity index (χ2v) is 5.15. The maximum atomic E-state index is 12.4. The van der Waals surface area contributed by atoms with Crippen LogP contribution in [-0.4, -0.2) is 22.9 Å². The smallest absolute Gasteiger partial charge is 0.302 e. The van der Waals surface area contributed by atoms with Gasteiger partial charge in [0.1, 0.15) is 5.82 Å². The molecule has 0 saturated heterocycles. The molecule has 1 aromatic heterocycles. The molecule has 0 unspecified atom stereocenters. The van der Waals surface area contributed by atoms with Crippen molar-refractivity contribution in [2.24, 2.45) is 0 Å². The van der Waals surface area contributed by atoms with Crippen molar-refractivity contribution >= 4 is 40.7 Å². The Balaban J connectivity index is 2.40. The van der Waals surface area contributed by atoms with Crippen molar-refractivity contribution in [1.29, 1.82) is 0 Å². The van der Waals surface area contributed by atoms with Crippen LogP contribution >= 0.6 is 23.2 Å². The number of hydrogen-bond donors (Lipinski definition) is 1. The molecule has 0 saturated carbocycles. The zero-order valence-electron chi connectivity index (χ0n) is 11.1. The van der Waals surface area contributed by atoms with Gasteiger partial charge in [0, 0.05) is 16.8 Å². The first-order valence-electron chi connectivity index (χ1n) is 6.03. The summed E-state index contributed by atoms with van der Waals surface area (Å²) in [5, 5.41) is 1.89. The van der Waals surface area contributed by atoms with Crippen LogP contribution in [0.15, 0.2) is 36.5 Å². The molecule has 0 atom stereocenters. The molecule has 1 amide bonds. The van der Waals surface area contributed by atoms with E-state index in [0.717, 1.165) is 6.20 Å². The van der Waals surface area contributed by atoms with Gasteiger partial charge in [-0.1, -0.05) is 23.2 Å². The number of nitrogens with zero attached hydrogens (tertiary/aromatic N) is 1. The number of nitrogens with one attached hydrogen (secondary N) is 1. The zero-order chi connectivity index (χ0) is 17.2. The van der Waals surface area contributed by atoms with Crippen LogP contribution in [0, 0.1) is 0 Å². The lowest BCUT2D eigenvalue weighted by molar-refractivity contribution is -0.167. The number of rotatable bonds is 3. The maximum Gasteiger partial charge on any atom is 0.471 e. The van der Waals surface area contributed by atoms with E-state index in [0.29, 0.717) is 5.02 Å². The third kappa shape index (κ3) is 4.00. The van der Waals surface area contributed by atoms with E-state index in [-0.39, 0.29) is 16.1 Å². The number of benzene rings is 1. The summed E-state index contributed by atoms with van der Waals surface area (Å²) in [6.07, 6.45) is -3.96. The van der Waals surface area contributed by atoms with E-state index in [2.05, 4.69) is 4.98 Å². The lowest BCUT2D eigenvalue weighted by Crippen LogP contribution is -2.31. The summed E-state index contributed by atoms with van der Waals surface area (Å²) < 4.78 is 37.0. The van der Waals surface area contributed by atoms with E-state index < -0.39 is 23.7 Å². The van der Waals surface area contributed by atoms with Gasteiger partial charge in [-0.3, -0.25) is 9.59 Å². The van der Waals surface area contributed by atoms with Crippen molar-refractivity contribution in [1.82, 2.24) is 4.98 Å². The molecule has 2 rings (SSSR count). The minimum Gasteiger partial charge on any atom is -0.302 e. The number of carbonyl (C=O) groups excluding carboxylic acids is 2. The number of alkyl halides is 3. The molecule has 0 aliphatic heterocycles. The highest BCUT2D eigenvalue weighted by Crippen LogP contribution is 2.26. The van der Waals surface area contributed by atoms with Crippen molar-refractivity contribution in [3.63, 3.8) is 0 Å². The lowest BCUT2D eigenvalue weighted by Gasteiger charge is -2.11. The van der Waals surface area contributed by atoms with Gasteiger partial charge >= 0.3 is 12.1 Å². The van der Waals surface area contributed by atoms with E-state index >= 15 is 0 Å². The number of hydrogen-bond acceptors (Lipinski definition) is 3. The zero-order valence-corrected chi connectivity index (χ0v) is 12.6. The Kier molecular flexibility index (Phi) is 4.91. The van der Waals surface area contributed by atoms with Gasteiger partial charge in [-0.2, -0.15) is 13.2 Å². The standard InChI is InChI=1S/C14H7Cl2F3N2O2/c15-7-3-4-8(10(16)6-7)11(22)9-2-1-5-20-12(9)21-13(23)14(17,18)19/h1-6H,(H,20,21,23). The van der Waals surface area contributed by atoms with Crippen LogP contribution in [0.25, 0.3) is 0 Å². The number of aromatic nitrogens is 1. The fourth-order valence-electron chi connectivity index (χ4n) is 1.69. The Morgan fingerprint density at radius 1 is 1.09 bits per heavy atom. The summed E-state index contributed by atoms with van der Waals surface area (Å²) in [6, 6.07) is 6.63. The van der Waals surface area contributed by atoms with Crippen LogP contribution in [0.3, 0.4) is 0 Å². The monoisotopic (exact) mass is 362 g/mol. The van der Waals surface area contributed by atoms with Crippen molar-refractivity contribution in [3.05, 3.63) is 57.7 Å². The molecule has 1 N–H and O–H groups in total.